The lowest BCUT2D eigenvalue weighted by Gasteiger charge is -2.37. The van der Waals surface area contributed by atoms with E-state index in [1.54, 1.807) is 32.0 Å². The van der Waals surface area contributed by atoms with Gasteiger partial charge in [-0.05, 0) is 43.3 Å². The molecule has 1 saturated heterocycles. The lowest BCUT2D eigenvalue weighted by Crippen LogP contribution is -2.65. The minimum Gasteiger partial charge on any atom is -0.497 e. The Bertz CT molecular complexity index is 1040. The molecule has 2 amide bonds. The fourth-order valence-electron chi connectivity index (χ4n) is 4.12. The molecular formula is C24H27FN2O6. The van der Waals surface area contributed by atoms with Crippen molar-refractivity contribution >= 4 is 23.5 Å². The maximum atomic E-state index is 13.6. The molecule has 8 nitrogen and oxygen atoms in total. The van der Waals surface area contributed by atoms with Gasteiger partial charge < -0.3 is 19.5 Å². The Morgan fingerprint density at radius 2 is 1.85 bits per heavy atom. The van der Waals surface area contributed by atoms with E-state index in [4.69, 9.17) is 14.2 Å². The van der Waals surface area contributed by atoms with Crippen LogP contribution in [-0.4, -0.2) is 44.1 Å². The van der Waals surface area contributed by atoms with Crippen LogP contribution in [0, 0.1) is 11.7 Å². The number of halogens is 1. The number of benzene rings is 2. The number of carbonyl (C=O) groups is 3. The summed E-state index contributed by atoms with van der Waals surface area (Å²) in [5.74, 6) is -2.08. The normalized spacial score (nSPS) is 19.8. The van der Waals surface area contributed by atoms with Crippen LogP contribution >= 0.6 is 0 Å². The molecule has 0 bridgehead atoms. The fraction of sp³-hybridized carbons (Fsp3) is 0.375. The summed E-state index contributed by atoms with van der Waals surface area (Å²) in [5.41, 5.74) is -1.06. The van der Waals surface area contributed by atoms with Crippen molar-refractivity contribution in [3.63, 3.8) is 0 Å². The summed E-state index contributed by atoms with van der Waals surface area (Å²) in [4.78, 5) is 41.0. The highest BCUT2D eigenvalue weighted by Gasteiger charge is 2.63. The minimum atomic E-state index is -1.94. The molecule has 0 spiro atoms. The third-order valence-corrected chi connectivity index (χ3v) is 5.75. The first-order valence-corrected chi connectivity index (χ1v) is 10.5. The predicted octanol–water partition coefficient (Wildman–Crippen LogP) is 2.83. The van der Waals surface area contributed by atoms with Gasteiger partial charge in [-0.1, -0.05) is 6.92 Å². The van der Waals surface area contributed by atoms with Crippen LogP contribution < -0.4 is 19.7 Å². The lowest BCUT2D eigenvalue weighted by atomic mass is 9.84. The highest BCUT2D eigenvalue weighted by atomic mass is 19.1. The first-order chi connectivity index (χ1) is 15.8. The molecule has 0 aromatic heterocycles. The van der Waals surface area contributed by atoms with Crippen LogP contribution in [0.4, 0.5) is 10.1 Å². The molecule has 1 N–H and O–H groups in total. The van der Waals surface area contributed by atoms with Crippen LogP contribution in [0.25, 0.3) is 0 Å². The van der Waals surface area contributed by atoms with E-state index in [-0.39, 0.29) is 25.3 Å². The van der Waals surface area contributed by atoms with Crippen LogP contribution in [0.1, 0.15) is 25.8 Å². The third kappa shape index (κ3) is 4.35. The van der Waals surface area contributed by atoms with E-state index < -0.39 is 35.1 Å². The molecule has 0 saturated carbocycles. The van der Waals surface area contributed by atoms with Crippen molar-refractivity contribution in [1.82, 2.24) is 5.32 Å². The number of hydrogen-bond donors (Lipinski definition) is 1. The van der Waals surface area contributed by atoms with Crippen LogP contribution in [0.2, 0.25) is 0 Å². The number of ether oxygens (including phenoxy) is 3. The van der Waals surface area contributed by atoms with E-state index in [0.717, 1.165) is 4.90 Å². The number of methoxy groups -OCH3 is 2. The molecule has 1 heterocycles. The Kier molecular flexibility index (Phi) is 7.20. The number of anilines is 1. The summed E-state index contributed by atoms with van der Waals surface area (Å²) in [6, 6.07) is 10.2. The summed E-state index contributed by atoms with van der Waals surface area (Å²) < 4.78 is 29.3. The third-order valence-electron chi connectivity index (χ3n) is 5.75. The number of nitrogens with zero attached hydrogens (tertiary/aromatic N) is 1. The van der Waals surface area contributed by atoms with Crippen molar-refractivity contribution in [2.45, 2.75) is 32.4 Å². The van der Waals surface area contributed by atoms with E-state index in [1.165, 1.54) is 38.5 Å². The van der Waals surface area contributed by atoms with Gasteiger partial charge in [0, 0.05) is 36.2 Å². The molecule has 1 aliphatic rings. The molecule has 2 aromatic carbocycles. The second kappa shape index (κ2) is 9.89. The molecule has 2 aromatic rings. The van der Waals surface area contributed by atoms with Gasteiger partial charge in [-0.2, -0.15) is 0 Å². The van der Waals surface area contributed by atoms with Gasteiger partial charge in [0.2, 0.25) is 11.4 Å². The topological polar surface area (TPSA) is 94.2 Å². The lowest BCUT2D eigenvalue weighted by molar-refractivity contribution is -0.156. The smallest absolute Gasteiger partial charge is 0.342 e. The monoisotopic (exact) mass is 458 g/mol. The molecule has 176 valence electrons. The molecule has 0 aliphatic carbocycles. The number of amides is 2. The summed E-state index contributed by atoms with van der Waals surface area (Å²) in [5, 5.41) is 2.77. The zero-order chi connectivity index (χ0) is 24.2. The Balaban J connectivity index is 2.00. The van der Waals surface area contributed by atoms with Crippen molar-refractivity contribution in [2.24, 2.45) is 5.92 Å². The Labute approximate surface area is 191 Å². The molecule has 9 heteroatoms. The van der Waals surface area contributed by atoms with Gasteiger partial charge in [-0.15, -0.1) is 0 Å². The summed E-state index contributed by atoms with van der Waals surface area (Å²) in [6.45, 7) is 3.32. The van der Waals surface area contributed by atoms with Crippen molar-refractivity contribution in [3.05, 3.63) is 53.8 Å². The standard InChI is InChI=1S/C24H27FN2O6/c1-5-33-23(30)24(15(2)12-21(28)27(24)18-9-7-17(25)8-10-18)22(29)26-14-16-6-11-19(31-3)13-20(16)32-4/h6-11,13,15H,5,12,14H2,1-4H3,(H,26,29). The van der Waals surface area contributed by atoms with Crippen molar-refractivity contribution in [3.8, 4) is 11.5 Å². The van der Waals surface area contributed by atoms with Gasteiger partial charge >= 0.3 is 5.97 Å². The molecule has 3 rings (SSSR count). The first-order valence-electron chi connectivity index (χ1n) is 10.5. The van der Waals surface area contributed by atoms with E-state index >= 15 is 0 Å². The highest BCUT2D eigenvalue weighted by Crippen LogP contribution is 2.41. The van der Waals surface area contributed by atoms with Gasteiger partial charge in [0.05, 0.1) is 20.8 Å². The van der Waals surface area contributed by atoms with E-state index in [2.05, 4.69) is 5.32 Å². The first kappa shape index (κ1) is 24.0. The van der Waals surface area contributed by atoms with Gasteiger partial charge in [0.15, 0.2) is 0 Å². The molecule has 2 unspecified atom stereocenters. The van der Waals surface area contributed by atoms with Crippen molar-refractivity contribution < 1.29 is 33.0 Å². The Morgan fingerprint density at radius 3 is 2.45 bits per heavy atom. The maximum absolute atomic E-state index is 13.6. The van der Waals surface area contributed by atoms with Crippen molar-refractivity contribution in [1.29, 1.82) is 0 Å². The van der Waals surface area contributed by atoms with Gasteiger partial charge in [0.25, 0.3) is 5.91 Å². The van der Waals surface area contributed by atoms with Gasteiger partial charge in [-0.3, -0.25) is 14.5 Å². The second-order valence-electron chi connectivity index (χ2n) is 7.66. The molecule has 2 atom stereocenters. The molecule has 0 radical (unpaired) electrons. The number of hydrogen-bond acceptors (Lipinski definition) is 6. The summed E-state index contributed by atoms with van der Waals surface area (Å²) in [7, 11) is 3.02. The van der Waals surface area contributed by atoms with Crippen LogP contribution in [0.15, 0.2) is 42.5 Å². The Morgan fingerprint density at radius 1 is 1.15 bits per heavy atom. The molecule has 1 fully saturated rings. The average Bonchev–Trinajstić information content (AvgIpc) is 3.08. The second-order valence-corrected chi connectivity index (χ2v) is 7.66. The number of rotatable bonds is 8. The van der Waals surface area contributed by atoms with Gasteiger partial charge in [0.1, 0.15) is 17.3 Å². The molecule has 33 heavy (non-hydrogen) atoms. The number of nitrogens with one attached hydrogen (secondary N) is 1. The largest absolute Gasteiger partial charge is 0.497 e. The molecule has 1 aliphatic heterocycles. The van der Waals surface area contributed by atoms with Crippen LogP contribution in [0.3, 0.4) is 0 Å². The number of carbonyl (C=O) groups excluding carboxylic acids is 3. The van der Waals surface area contributed by atoms with E-state index in [0.29, 0.717) is 17.1 Å². The summed E-state index contributed by atoms with van der Waals surface area (Å²) >= 11 is 0. The van der Waals surface area contributed by atoms with Crippen LogP contribution in [0.5, 0.6) is 11.5 Å². The quantitative estimate of drug-likeness (QED) is 0.483. The van der Waals surface area contributed by atoms with Gasteiger partial charge in [-0.25, -0.2) is 9.18 Å². The Hall–Kier alpha value is -3.62. The fourth-order valence-corrected chi connectivity index (χ4v) is 4.12. The minimum absolute atomic E-state index is 0.0261. The predicted molar refractivity (Wildman–Crippen MR) is 118 cm³/mol. The number of esters is 1. The highest BCUT2D eigenvalue weighted by molar-refractivity contribution is 6.20. The maximum Gasteiger partial charge on any atom is 0.342 e. The van der Waals surface area contributed by atoms with E-state index in [1.807, 2.05) is 0 Å². The van der Waals surface area contributed by atoms with Crippen molar-refractivity contribution in [2.75, 3.05) is 25.7 Å². The van der Waals surface area contributed by atoms with E-state index in [9.17, 15) is 18.8 Å². The average molecular weight is 458 g/mol. The van der Waals surface area contributed by atoms with Crippen LogP contribution in [-0.2, 0) is 25.7 Å². The molecular weight excluding hydrogens is 431 g/mol. The SMILES string of the molecule is CCOC(=O)C1(C(=O)NCc2ccc(OC)cc2OC)C(C)CC(=O)N1c1ccc(F)cc1. The zero-order valence-corrected chi connectivity index (χ0v) is 19.0. The summed E-state index contributed by atoms with van der Waals surface area (Å²) in [6.07, 6.45) is -0.0462. The zero-order valence-electron chi connectivity index (χ0n) is 19.0.